The van der Waals surface area contributed by atoms with Crippen LogP contribution in [0.3, 0.4) is 0 Å². The van der Waals surface area contributed by atoms with E-state index in [0.29, 0.717) is 28.1 Å². The molecule has 0 aliphatic heterocycles. The first-order valence-corrected chi connectivity index (χ1v) is 23.1. The van der Waals surface area contributed by atoms with Crippen molar-refractivity contribution in [3.63, 3.8) is 0 Å². The Hall–Kier alpha value is -8.89. The average molecular weight is 1110 g/mol. The molecule has 13 rings (SSSR count). The van der Waals surface area contributed by atoms with Crippen LogP contribution in [0.15, 0.2) is 261 Å². The molecule has 5 nitrogen and oxygen atoms in total. The van der Waals surface area contributed by atoms with E-state index in [4.69, 9.17) is 18.7 Å². The molecule has 0 aliphatic carbocycles. The molecule has 13 aromatic rings. The van der Waals surface area contributed by atoms with Crippen molar-refractivity contribution in [1.82, 2.24) is 14.1 Å². The Morgan fingerprint density at radius 3 is 1.79 bits per heavy atom. The number of nitrogens with zero attached hydrogens (tertiary/aromatic N) is 5. The van der Waals surface area contributed by atoms with Gasteiger partial charge in [0.05, 0.1) is 30.4 Å². The molecule has 0 saturated carbocycles. The van der Waals surface area contributed by atoms with Gasteiger partial charge in [-0.3, -0.25) is 4.57 Å². The van der Waals surface area contributed by atoms with Gasteiger partial charge in [-0.25, -0.2) is 4.98 Å². The van der Waals surface area contributed by atoms with Crippen LogP contribution in [0.4, 0.5) is 17.1 Å². The van der Waals surface area contributed by atoms with E-state index >= 15 is 0 Å². The topological polar surface area (TPSA) is 29.9 Å². The van der Waals surface area contributed by atoms with Crippen molar-refractivity contribution in [3.05, 3.63) is 279 Å². The van der Waals surface area contributed by atoms with E-state index in [1.54, 1.807) is 27.3 Å². The number of anilines is 3. The molecule has 0 atom stereocenters. The minimum atomic E-state index is -0.573. The zero-order valence-corrected chi connectivity index (χ0v) is 40.4. The van der Waals surface area contributed by atoms with Crippen molar-refractivity contribution < 1.29 is 39.3 Å². The van der Waals surface area contributed by atoms with Crippen LogP contribution in [0.25, 0.3) is 94.5 Å². The van der Waals surface area contributed by atoms with Gasteiger partial charge in [0, 0.05) is 38.5 Å². The molecule has 6 heteroatoms. The van der Waals surface area contributed by atoms with Gasteiger partial charge in [0.1, 0.15) is 5.82 Å². The van der Waals surface area contributed by atoms with Crippen molar-refractivity contribution in [2.45, 2.75) is 0 Å². The average Bonchev–Trinajstić information content (AvgIpc) is 3.23. The Balaban J connectivity index is 0.00000665. The maximum Gasteiger partial charge on any atom is 0.268 e. The minimum absolute atomic E-state index is 0. The van der Waals surface area contributed by atoms with Crippen LogP contribution in [0.5, 0.6) is 0 Å². The van der Waals surface area contributed by atoms with Gasteiger partial charge >= 0.3 is 0 Å². The second-order valence-electron chi connectivity index (χ2n) is 16.9. The Kier molecular flexibility index (Phi) is 9.14. The Morgan fingerprint density at radius 1 is 0.472 bits per heavy atom. The van der Waals surface area contributed by atoms with Gasteiger partial charge < -0.3 is 14.0 Å². The molecule has 0 saturated heterocycles. The molecule has 0 spiro atoms. The molecule has 0 amide bonds. The summed E-state index contributed by atoms with van der Waals surface area (Å²) >= 11 is 0. The van der Waals surface area contributed by atoms with Crippen molar-refractivity contribution >= 4 is 49.9 Å². The maximum atomic E-state index is 9.12. The third-order valence-corrected chi connectivity index (χ3v) is 12.7. The minimum Gasteiger partial charge on any atom is -0.359 e. The number of aromatic nitrogens is 4. The number of para-hydroxylation sites is 5. The quantitative estimate of drug-likeness (QED) is 0.101. The maximum absolute atomic E-state index is 9.12. The third-order valence-electron chi connectivity index (χ3n) is 12.7. The van der Waals surface area contributed by atoms with Gasteiger partial charge in [-0.2, -0.15) is 24.3 Å². The van der Waals surface area contributed by atoms with Crippen LogP contribution in [0, 0.1) is 18.5 Å². The molecule has 344 valence electrons. The smallest absolute Gasteiger partial charge is 0.268 e. The summed E-state index contributed by atoms with van der Waals surface area (Å²) in [5.41, 5.74) is 10.2. The molecule has 0 N–H and O–H groups in total. The van der Waals surface area contributed by atoms with Crippen LogP contribution >= 0.6 is 0 Å². The Bertz CT molecular complexity index is 4520. The number of hydrogen-bond donors (Lipinski definition) is 0. The van der Waals surface area contributed by atoms with Crippen molar-refractivity contribution in [3.8, 4) is 61.7 Å². The number of pyridine rings is 1. The molecular formula is C66H43N5Pt-2. The number of fused-ring (bicyclic) bond motifs is 4. The second kappa shape index (κ2) is 19.1. The van der Waals surface area contributed by atoms with Crippen LogP contribution in [-0.2, 0) is 21.1 Å². The molecule has 72 heavy (non-hydrogen) atoms. The van der Waals surface area contributed by atoms with E-state index in [9.17, 15) is 0 Å². The molecule has 0 radical (unpaired) electrons. The van der Waals surface area contributed by atoms with E-state index in [0.717, 1.165) is 55.6 Å². The van der Waals surface area contributed by atoms with E-state index < -0.39 is 60.4 Å². The summed E-state index contributed by atoms with van der Waals surface area (Å²) in [5, 5.41) is 2.03. The van der Waals surface area contributed by atoms with E-state index in [1.807, 2.05) is 121 Å². The first-order valence-electron chi connectivity index (χ1n) is 28.1. The van der Waals surface area contributed by atoms with E-state index in [1.165, 1.54) is 0 Å². The van der Waals surface area contributed by atoms with Crippen molar-refractivity contribution in [1.29, 1.82) is 0 Å². The molecule has 10 aromatic carbocycles. The second-order valence-corrected chi connectivity index (χ2v) is 16.9. The summed E-state index contributed by atoms with van der Waals surface area (Å²) in [7, 11) is 0. The number of imidazole rings is 1. The number of hydrogen-bond acceptors (Lipinski definition) is 2. The van der Waals surface area contributed by atoms with Crippen LogP contribution in [0.2, 0.25) is 0 Å². The molecular weight excluding hydrogens is 1060 g/mol. The van der Waals surface area contributed by atoms with E-state index in [-0.39, 0.29) is 49.0 Å². The van der Waals surface area contributed by atoms with Gasteiger partial charge in [-0.05, 0) is 85.9 Å². The summed E-state index contributed by atoms with van der Waals surface area (Å²) in [6.45, 7) is 0. The fourth-order valence-electron chi connectivity index (χ4n) is 9.51. The number of benzene rings is 10. The van der Waals surface area contributed by atoms with Crippen LogP contribution < -0.4 is 9.47 Å². The third kappa shape index (κ3) is 8.00. The van der Waals surface area contributed by atoms with Gasteiger partial charge in [-0.1, -0.05) is 211 Å². The molecule has 3 aromatic heterocycles. The summed E-state index contributed by atoms with van der Waals surface area (Å²) in [6, 6.07) is 65.6. The summed E-state index contributed by atoms with van der Waals surface area (Å²) in [5.74, 6) is 0.727. The summed E-state index contributed by atoms with van der Waals surface area (Å²) in [6.07, 6.45) is 5.34. The largest absolute Gasteiger partial charge is 0.359 e. The van der Waals surface area contributed by atoms with Gasteiger partial charge in [0.2, 0.25) is 0 Å². The monoisotopic (exact) mass is 1110 g/mol. The standard InChI is InChI=1S/C66H43N5.Pt/c1-5-19-47(20-6-1)48-35-37-49(38-36-48)52-41-42-67-65(43-52)71-61-32-14-13-29-59(61)60-40-39-56(45-64(60)71)70(53-25-11-4-12-26-53)55-28-17-27-54(44-55)68-46-69(63-34-16-15-33-62(63)68)66-57(50-21-7-2-8-22-50)30-18-31-58(66)51-23-9-3-10-24-51;/h1-43H;/q-2;/i2D,3D,7D,8D,9D,10D,21D,22D,23D,24D;. The van der Waals surface area contributed by atoms with Gasteiger partial charge in [0.15, 0.2) is 0 Å². The first-order chi connectivity index (χ1) is 39.4. The van der Waals surface area contributed by atoms with Crippen molar-refractivity contribution in [2.75, 3.05) is 4.90 Å². The van der Waals surface area contributed by atoms with Crippen LogP contribution in [-0.4, -0.2) is 14.1 Å². The molecule has 3 heterocycles. The zero-order valence-electron chi connectivity index (χ0n) is 48.1. The van der Waals surface area contributed by atoms with Crippen molar-refractivity contribution in [2.24, 2.45) is 0 Å². The predicted molar refractivity (Wildman–Crippen MR) is 290 cm³/mol. The summed E-state index contributed by atoms with van der Waals surface area (Å²) < 4.78 is 93.6. The number of rotatable bonds is 10. The normalized spacial score (nSPS) is 13.2. The molecule has 0 bridgehead atoms. The molecule has 0 aliphatic rings. The van der Waals surface area contributed by atoms with E-state index in [2.05, 4.69) is 88.6 Å². The fourth-order valence-corrected chi connectivity index (χ4v) is 9.51. The summed E-state index contributed by atoms with van der Waals surface area (Å²) in [4.78, 5) is 7.05. The van der Waals surface area contributed by atoms with Crippen LogP contribution in [0.1, 0.15) is 13.7 Å². The van der Waals surface area contributed by atoms with Gasteiger partial charge in [0.25, 0.3) is 6.33 Å². The first kappa shape index (κ1) is 34.4. The predicted octanol–water partition coefficient (Wildman–Crippen LogP) is 15.9. The molecule has 0 unspecified atom stereocenters. The fraction of sp³-hybridized carbons (Fsp3) is 0. The Labute approximate surface area is 447 Å². The zero-order chi connectivity index (χ0) is 55.8. The Morgan fingerprint density at radius 2 is 1.07 bits per heavy atom. The van der Waals surface area contributed by atoms with Gasteiger partial charge in [-0.15, -0.1) is 23.6 Å². The SMILES string of the molecule is [2H]c1c([2H])c([2H])c(-c2cccc(-c3c([2H])c([2H])c([2H])c([2H])c3[2H])c2-[n+]2[c-]n(-c3[c-]c(N(c4[c-]c5c(cc4)c4ccccc4n5-c4cc(-c5ccc(-c6ccccc6)cc5)ccn4)c4ccccc4)ccc3)c3ccccc32)c([2H])c1[2H].[Pt]. The molecule has 0 fully saturated rings.